The second-order valence-corrected chi connectivity index (χ2v) is 5.64. The molecule has 2 aromatic rings. The number of hydrogen-bond donors (Lipinski definition) is 1. The van der Waals surface area contributed by atoms with Crippen LogP contribution < -0.4 is 10.1 Å². The van der Waals surface area contributed by atoms with Crippen molar-refractivity contribution in [2.45, 2.75) is 32.1 Å². The van der Waals surface area contributed by atoms with Crippen LogP contribution in [0.1, 0.15) is 30.4 Å². The van der Waals surface area contributed by atoms with E-state index in [4.69, 9.17) is 4.74 Å². The fourth-order valence-electron chi connectivity index (χ4n) is 2.80. The number of rotatable bonds is 6. The number of benzene rings is 2. The maximum absolute atomic E-state index is 5.87. The molecule has 0 saturated carbocycles. The van der Waals surface area contributed by atoms with Gasteiger partial charge in [0.05, 0.1) is 6.61 Å². The smallest absolute Gasteiger partial charge is 0.121 e. The minimum absolute atomic E-state index is 0.797. The number of anilines is 1. The number of unbranched alkanes of at least 4 members (excludes halogenated alkanes) is 1. The Balaban J connectivity index is 1.41. The highest BCUT2D eigenvalue weighted by atomic mass is 16.5. The Morgan fingerprint density at radius 2 is 1.90 bits per heavy atom. The molecule has 0 spiro atoms. The molecule has 0 fully saturated rings. The number of nitrogens with one attached hydrogen (secondary N) is 1. The molecule has 2 nitrogen and oxygen atoms in total. The van der Waals surface area contributed by atoms with Gasteiger partial charge in [0.1, 0.15) is 5.75 Å². The summed E-state index contributed by atoms with van der Waals surface area (Å²) in [6, 6.07) is 17.1. The number of hydrogen-bond acceptors (Lipinski definition) is 2. The third-order valence-corrected chi connectivity index (χ3v) is 3.99. The van der Waals surface area contributed by atoms with Crippen LogP contribution in [0.15, 0.2) is 48.5 Å². The fraction of sp³-hybridized carbons (Fsp3) is 0.368. The van der Waals surface area contributed by atoms with Crippen LogP contribution in [0.5, 0.6) is 5.75 Å². The van der Waals surface area contributed by atoms with Crippen LogP contribution in [0.3, 0.4) is 0 Å². The van der Waals surface area contributed by atoms with E-state index in [1.165, 1.54) is 36.1 Å². The highest BCUT2D eigenvalue weighted by molar-refractivity contribution is 5.56. The van der Waals surface area contributed by atoms with Crippen LogP contribution >= 0.6 is 0 Å². The lowest BCUT2D eigenvalue weighted by molar-refractivity contribution is 0.307. The van der Waals surface area contributed by atoms with Gasteiger partial charge >= 0.3 is 0 Å². The van der Waals surface area contributed by atoms with Gasteiger partial charge in [0.2, 0.25) is 0 Å². The summed E-state index contributed by atoms with van der Waals surface area (Å²) in [6.45, 7) is 1.87. The third-order valence-electron chi connectivity index (χ3n) is 3.99. The molecule has 0 aliphatic carbocycles. The largest absolute Gasteiger partial charge is 0.494 e. The van der Waals surface area contributed by atoms with Crippen LogP contribution in [-0.2, 0) is 12.8 Å². The summed E-state index contributed by atoms with van der Waals surface area (Å²) < 4.78 is 5.87. The molecule has 1 N–H and O–H groups in total. The SMILES string of the molecule is c1ccc(CCCCOc2ccc3c(c2)NCCC3)cc1. The molecule has 110 valence electrons. The number of aryl methyl sites for hydroxylation is 2. The normalized spacial score (nSPS) is 13.3. The molecular formula is C19H23NO. The Kier molecular flexibility index (Phi) is 4.78. The van der Waals surface area contributed by atoms with Crippen molar-refractivity contribution in [3.63, 3.8) is 0 Å². The minimum atomic E-state index is 0.797. The first kappa shape index (κ1) is 14.0. The molecule has 0 saturated heterocycles. The predicted molar refractivity (Wildman–Crippen MR) is 88.1 cm³/mol. The molecular weight excluding hydrogens is 258 g/mol. The molecule has 2 aromatic carbocycles. The molecule has 0 unspecified atom stereocenters. The topological polar surface area (TPSA) is 21.3 Å². The minimum Gasteiger partial charge on any atom is -0.494 e. The van der Waals surface area contributed by atoms with Crippen LogP contribution in [0, 0.1) is 0 Å². The maximum atomic E-state index is 5.87. The van der Waals surface area contributed by atoms with Gasteiger partial charge in [-0.15, -0.1) is 0 Å². The molecule has 1 heterocycles. The quantitative estimate of drug-likeness (QED) is 0.790. The standard InChI is InChI=1S/C19H23NO/c1-2-7-16(8-3-1)9-4-5-14-21-18-12-11-17-10-6-13-20-19(17)15-18/h1-3,7-8,11-12,15,20H,4-6,9-10,13-14H2. The average Bonchev–Trinajstić information content (AvgIpc) is 2.55. The van der Waals surface area contributed by atoms with Gasteiger partial charge in [-0.3, -0.25) is 0 Å². The molecule has 1 aliphatic rings. The van der Waals surface area contributed by atoms with E-state index >= 15 is 0 Å². The highest BCUT2D eigenvalue weighted by Gasteiger charge is 2.08. The van der Waals surface area contributed by atoms with Crippen molar-refractivity contribution in [2.75, 3.05) is 18.5 Å². The van der Waals surface area contributed by atoms with Crippen LogP contribution in [0.25, 0.3) is 0 Å². The monoisotopic (exact) mass is 281 g/mol. The lowest BCUT2D eigenvalue weighted by Crippen LogP contribution is -2.11. The first-order chi connectivity index (χ1) is 10.4. The lowest BCUT2D eigenvalue weighted by atomic mass is 10.0. The van der Waals surface area contributed by atoms with Crippen molar-refractivity contribution in [3.05, 3.63) is 59.7 Å². The van der Waals surface area contributed by atoms with E-state index in [0.29, 0.717) is 0 Å². The summed E-state index contributed by atoms with van der Waals surface area (Å²) in [5, 5.41) is 3.45. The third kappa shape index (κ3) is 4.01. The zero-order chi connectivity index (χ0) is 14.3. The Morgan fingerprint density at radius 3 is 2.81 bits per heavy atom. The number of ether oxygens (including phenoxy) is 1. The molecule has 1 aliphatic heterocycles. The van der Waals surface area contributed by atoms with Crippen molar-refractivity contribution in [2.24, 2.45) is 0 Å². The summed E-state index contributed by atoms with van der Waals surface area (Å²) in [5.74, 6) is 0.989. The summed E-state index contributed by atoms with van der Waals surface area (Å²) in [7, 11) is 0. The van der Waals surface area contributed by atoms with E-state index in [9.17, 15) is 0 Å². The first-order valence-electron chi connectivity index (χ1n) is 7.95. The van der Waals surface area contributed by atoms with Gasteiger partial charge in [-0.05, 0) is 49.3 Å². The second kappa shape index (κ2) is 7.16. The van der Waals surface area contributed by atoms with E-state index in [1.807, 2.05) is 0 Å². The van der Waals surface area contributed by atoms with Gasteiger partial charge in [-0.2, -0.15) is 0 Å². The highest BCUT2D eigenvalue weighted by Crippen LogP contribution is 2.26. The van der Waals surface area contributed by atoms with Crippen LogP contribution in [0.4, 0.5) is 5.69 Å². The Labute approximate surface area is 127 Å². The van der Waals surface area contributed by atoms with Gasteiger partial charge in [-0.25, -0.2) is 0 Å². The molecule has 21 heavy (non-hydrogen) atoms. The molecule has 0 radical (unpaired) electrons. The Hall–Kier alpha value is -1.96. The molecule has 2 heteroatoms. The van der Waals surface area contributed by atoms with Gasteiger partial charge < -0.3 is 10.1 Å². The maximum Gasteiger partial charge on any atom is 0.121 e. The van der Waals surface area contributed by atoms with Crippen molar-refractivity contribution in [3.8, 4) is 5.75 Å². The van der Waals surface area contributed by atoms with Crippen molar-refractivity contribution < 1.29 is 4.74 Å². The van der Waals surface area contributed by atoms with Gasteiger partial charge in [0, 0.05) is 18.3 Å². The second-order valence-electron chi connectivity index (χ2n) is 5.64. The number of fused-ring (bicyclic) bond motifs is 1. The molecule has 0 bridgehead atoms. The van der Waals surface area contributed by atoms with E-state index < -0.39 is 0 Å². The van der Waals surface area contributed by atoms with Gasteiger partial charge in [0.15, 0.2) is 0 Å². The zero-order valence-electron chi connectivity index (χ0n) is 12.5. The summed E-state index contributed by atoms with van der Waals surface area (Å²) in [6.07, 6.45) is 5.81. The Bertz CT molecular complexity index is 565. The molecule has 0 atom stereocenters. The summed E-state index contributed by atoms with van der Waals surface area (Å²) in [5.41, 5.74) is 4.08. The van der Waals surface area contributed by atoms with Crippen LogP contribution in [-0.4, -0.2) is 13.2 Å². The Morgan fingerprint density at radius 1 is 1.00 bits per heavy atom. The molecule has 0 amide bonds. The summed E-state index contributed by atoms with van der Waals surface area (Å²) >= 11 is 0. The van der Waals surface area contributed by atoms with Crippen LogP contribution in [0.2, 0.25) is 0 Å². The average molecular weight is 281 g/mol. The lowest BCUT2D eigenvalue weighted by Gasteiger charge is -2.18. The fourth-order valence-corrected chi connectivity index (χ4v) is 2.80. The summed E-state index contributed by atoms with van der Waals surface area (Å²) in [4.78, 5) is 0. The van der Waals surface area contributed by atoms with Gasteiger partial charge in [-0.1, -0.05) is 36.4 Å². The predicted octanol–water partition coefficient (Wildman–Crippen LogP) is 4.45. The van der Waals surface area contributed by atoms with E-state index in [-0.39, 0.29) is 0 Å². The molecule has 0 aromatic heterocycles. The van der Waals surface area contributed by atoms with Crippen molar-refractivity contribution in [1.29, 1.82) is 0 Å². The van der Waals surface area contributed by atoms with E-state index in [1.54, 1.807) is 0 Å². The van der Waals surface area contributed by atoms with E-state index in [0.717, 1.165) is 31.7 Å². The van der Waals surface area contributed by atoms with Gasteiger partial charge in [0.25, 0.3) is 0 Å². The van der Waals surface area contributed by atoms with Crippen molar-refractivity contribution >= 4 is 5.69 Å². The van der Waals surface area contributed by atoms with Crippen molar-refractivity contribution in [1.82, 2.24) is 0 Å². The first-order valence-corrected chi connectivity index (χ1v) is 7.95. The van der Waals surface area contributed by atoms with E-state index in [2.05, 4.69) is 53.8 Å². The zero-order valence-corrected chi connectivity index (χ0v) is 12.5. The molecule has 3 rings (SSSR count).